The molecule has 0 aliphatic heterocycles. The van der Waals surface area contributed by atoms with Crippen LogP contribution in [0.5, 0.6) is 0 Å². The molecule has 0 aliphatic carbocycles. The molecule has 0 saturated heterocycles. The van der Waals surface area contributed by atoms with Crippen molar-refractivity contribution < 1.29 is 5.11 Å². The third-order valence-electron chi connectivity index (χ3n) is 2.71. The third-order valence-corrected chi connectivity index (χ3v) is 2.71. The van der Waals surface area contributed by atoms with E-state index in [0.717, 1.165) is 19.4 Å². The van der Waals surface area contributed by atoms with Crippen molar-refractivity contribution in [2.24, 2.45) is 0 Å². The Labute approximate surface area is 90.2 Å². The molecule has 0 bridgehead atoms. The van der Waals surface area contributed by atoms with Crippen molar-refractivity contribution in [3.8, 4) is 0 Å². The highest BCUT2D eigenvalue weighted by Crippen LogP contribution is 2.20. The zero-order valence-corrected chi connectivity index (χ0v) is 9.11. The summed E-state index contributed by atoms with van der Waals surface area (Å²) < 4.78 is 2.31. The summed E-state index contributed by atoms with van der Waals surface area (Å²) in [5.74, 6) is 0. The molecule has 15 heavy (non-hydrogen) atoms. The maximum Gasteiger partial charge on any atom is 0.0485 e. The Balaban J connectivity index is 2.53. The normalized spacial score (nSPS) is 11.1. The van der Waals surface area contributed by atoms with E-state index in [-0.39, 0.29) is 6.61 Å². The molecule has 2 rings (SSSR count). The first kappa shape index (κ1) is 10.2. The number of hydrogen-bond acceptors (Lipinski definition) is 1. The van der Waals surface area contributed by atoms with E-state index in [1.165, 1.54) is 16.6 Å². The van der Waals surface area contributed by atoms with Crippen molar-refractivity contribution >= 4 is 10.9 Å². The van der Waals surface area contributed by atoms with Gasteiger partial charge in [-0.15, -0.1) is 0 Å². The van der Waals surface area contributed by atoms with Gasteiger partial charge >= 0.3 is 0 Å². The maximum absolute atomic E-state index is 9.02. The summed E-state index contributed by atoms with van der Waals surface area (Å²) in [5.41, 5.74) is 2.52. The van der Waals surface area contributed by atoms with Crippen LogP contribution in [0.4, 0.5) is 0 Å². The first-order chi connectivity index (χ1) is 7.36. The van der Waals surface area contributed by atoms with Crippen LogP contribution in [-0.4, -0.2) is 16.3 Å². The Hall–Kier alpha value is -1.28. The maximum atomic E-state index is 9.02. The predicted octanol–water partition coefficient (Wildman–Crippen LogP) is 2.59. The molecule has 0 unspecified atom stereocenters. The number of fused-ring (bicyclic) bond motifs is 1. The number of rotatable bonds is 4. The van der Waals surface area contributed by atoms with Crippen molar-refractivity contribution in [1.82, 2.24) is 4.57 Å². The van der Waals surface area contributed by atoms with Gasteiger partial charge in [0.15, 0.2) is 0 Å². The van der Waals surface area contributed by atoms with Crippen LogP contribution in [0.25, 0.3) is 10.9 Å². The summed E-state index contributed by atoms with van der Waals surface area (Å²) in [6.07, 6.45) is 1.87. The minimum Gasteiger partial charge on any atom is -0.396 e. The predicted molar refractivity (Wildman–Crippen MR) is 63.0 cm³/mol. The molecule has 2 heteroatoms. The lowest BCUT2D eigenvalue weighted by molar-refractivity contribution is 0.296. The molecular formula is C13H17NO. The Morgan fingerprint density at radius 3 is 2.80 bits per heavy atom. The van der Waals surface area contributed by atoms with Crippen LogP contribution in [0.15, 0.2) is 30.3 Å². The number of aromatic nitrogens is 1. The Bertz CT molecular complexity index is 445. The Morgan fingerprint density at radius 2 is 2.07 bits per heavy atom. The molecule has 0 aliphatic rings. The van der Waals surface area contributed by atoms with E-state index in [2.05, 4.69) is 41.8 Å². The smallest absolute Gasteiger partial charge is 0.0485 e. The second kappa shape index (κ2) is 4.49. The third kappa shape index (κ3) is 1.90. The highest BCUT2D eigenvalue weighted by molar-refractivity contribution is 5.81. The fourth-order valence-electron chi connectivity index (χ4n) is 2.08. The molecule has 0 saturated carbocycles. The quantitative estimate of drug-likeness (QED) is 0.811. The minimum absolute atomic E-state index is 0.222. The van der Waals surface area contributed by atoms with Gasteiger partial charge in [-0.1, -0.05) is 25.1 Å². The van der Waals surface area contributed by atoms with Gasteiger partial charge in [0, 0.05) is 30.8 Å². The van der Waals surface area contributed by atoms with E-state index in [1.54, 1.807) is 0 Å². The fourth-order valence-corrected chi connectivity index (χ4v) is 2.08. The first-order valence-corrected chi connectivity index (χ1v) is 5.55. The highest BCUT2D eigenvalue weighted by Gasteiger charge is 2.06. The Morgan fingerprint density at radius 1 is 1.27 bits per heavy atom. The molecule has 2 aromatic rings. The number of aryl methyl sites for hydroxylation is 1. The topological polar surface area (TPSA) is 25.2 Å². The van der Waals surface area contributed by atoms with Gasteiger partial charge < -0.3 is 9.67 Å². The highest BCUT2D eigenvalue weighted by atomic mass is 16.3. The number of benzene rings is 1. The summed E-state index contributed by atoms with van der Waals surface area (Å²) in [7, 11) is 0. The van der Waals surface area contributed by atoms with Crippen LogP contribution < -0.4 is 0 Å². The molecular weight excluding hydrogens is 186 g/mol. The van der Waals surface area contributed by atoms with Crippen LogP contribution in [0, 0.1) is 0 Å². The van der Waals surface area contributed by atoms with Gasteiger partial charge in [0.2, 0.25) is 0 Å². The zero-order chi connectivity index (χ0) is 10.7. The lowest BCUT2D eigenvalue weighted by atomic mass is 10.2. The van der Waals surface area contributed by atoms with Crippen LogP contribution in [0.1, 0.15) is 19.0 Å². The lowest BCUT2D eigenvalue weighted by Gasteiger charge is -2.07. The molecule has 0 spiro atoms. The van der Waals surface area contributed by atoms with Gasteiger partial charge in [-0.3, -0.25) is 0 Å². The molecule has 80 valence electrons. The fraction of sp³-hybridized carbons (Fsp3) is 0.385. The molecule has 0 fully saturated rings. The minimum atomic E-state index is 0.222. The summed E-state index contributed by atoms with van der Waals surface area (Å²) >= 11 is 0. The van der Waals surface area contributed by atoms with Crippen molar-refractivity contribution in [3.63, 3.8) is 0 Å². The summed E-state index contributed by atoms with van der Waals surface area (Å²) in [6.45, 7) is 3.43. The number of aliphatic hydroxyl groups is 1. The summed E-state index contributed by atoms with van der Waals surface area (Å²) in [4.78, 5) is 0. The first-order valence-electron chi connectivity index (χ1n) is 5.55. The van der Waals surface area contributed by atoms with Crippen molar-refractivity contribution in [3.05, 3.63) is 36.0 Å². The molecule has 1 heterocycles. The number of aliphatic hydroxyl groups excluding tert-OH is 1. The second-order valence-electron chi connectivity index (χ2n) is 3.82. The van der Waals surface area contributed by atoms with Crippen LogP contribution >= 0.6 is 0 Å². The van der Waals surface area contributed by atoms with Crippen molar-refractivity contribution in [1.29, 1.82) is 0 Å². The van der Waals surface area contributed by atoms with Crippen LogP contribution in [-0.2, 0) is 13.0 Å². The van der Waals surface area contributed by atoms with E-state index in [9.17, 15) is 0 Å². The van der Waals surface area contributed by atoms with Gasteiger partial charge in [-0.05, 0) is 23.9 Å². The summed E-state index contributed by atoms with van der Waals surface area (Å²) in [5, 5.41) is 10.3. The van der Waals surface area contributed by atoms with Crippen LogP contribution in [0.2, 0.25) is 0 Å². The van der Waals surface area contributed by atoms with Gasteiger partial charge in [0.05, 0.1) is 0 Å². The summed E-state index contributed by atoms with van der Waals surface area (Å²) in [6, 6.07) is 10.6. The molecule has 0 atom stereocenters. The lowest BCUT2D eigenvalue weighted by Crippen LogP contribution is -2.03. The number of nitrogens with zero attached hydrogens (tertiary/aromatic N) is 1. The van der Waals surface area contributed by atoms with Gasteiger partial charge in [0.25, 0.3) is 0 Å². The average molecular weight is 203 g/mol. The second-order valence-corrected chi connectivity index (χ2v) is 3.82. The van der Waals surface area contributed by atoms with Gasteiger partial charge in [0.1, 0.15) is 0 Å². The standard InChI is InChI=1S/C13H17NO/c1-2-8-14-12(7-9-15)10-11-5-3-4-6-13(11)14/h3-6,10,15H,2,7-9H2,1H3. The SMILES string of the molecule is CCCn1c(CCO)cc2ccccc21. The number of hydrogen-bond donors (Lipinski definition) is 1. The Kier molecular flexibility index (Phi) is 3.07. The molecule has 1 N–H and O–H groups in total. The number of para-hydroxylation sites is 1. The van der Waals surface area contributed by atoms with Crippen LogP contribution in [0.3, 0.4) is 0 Å². The van der Waals surface area contributed by atoms with Crippen molar-refractivity contribution in [2.45, 2.75) is 26.3 Å². The molecule has 2 nitrogen and oxygen atoms in total. The van der Waals surface area contributed by atoms with Crippen molar-refractivity contribution in [2.75, 3.05) is 6.61 Å². The average Bonchev–Trinajstić information content (AvgIpc) is 2.59. The molecule has 0 amide bonds. The van der Waals surface area contributed by atoms with E-state index in [0.29, 0.717) is 0 Å². The van der Waals surface area contributed by atoms with E-state index < -0.39 is 0 Å². The van der Waals surface area contributed by atoms with Gasteiger partial charge in [-0.25, -0.2) is 0 Å². The van der Waals surface area contributed by atoms with E-state index in [4.69, 9.17) is 5.11 Å². The molecule has 1 aromatic carbocycles. The monoisotopic (exact) mass is 203 g/mol. The van der Waals surface area contributed by atoms with E-state index in [1.807, 2.05) is 0 Å². The zero-order valence-electron chi connectivity index (χ0n) is 9.11. The van der Waals surface area contributed by atoms with E-state index >= 15 is 0 Å². The largest absolute Gasteiger partial charge is 0.396 e. The van der Waals surface area contributed by atoms with Gasteiger partial charge in [-0.2, -0.15) is 0 Å². The molecule has 0 radical (unpaired) electrons. The molecule has 1 aromatic heterocycles.